The molecule has 0 aromatic heterocycles. The number of hydrogen-bond acceptors (Lipinski definition) is 3. The van der Waals surface area contributed by atoms with Gasteiger partial charge in [-0.2, -0.15) is 0 Å². The number of amides is 2. The minimum atomic E-state index is -1.10. The minimum Gasteiger partial charge on any atom is -0.386 e. The number of carbonyl (C=O) groups is 2. The van der Waals surface area contributed by atoms with Crippen LogP contribution in [0.1, 0.15) is 25.0 Å². The van der Waals surface area contributed by atoms with Gasteiger partial charge < -0.3 is 15.3 Å². The summed E-state index contributed by atoms with van der Waals surface area (Å²) in [6.07, 6.45) is -0.912. The number of benzene rings is 1. The van der Waals surface area contributed by atoms with E-state index in [2.05, 4.69) is 5.32 Å². The molecule has 2 unspecified atom stereocenters. The lowest BCUT2D eigenvalue weighted by Crippen LogP contribution is -2.35. The van der Waals surface area contributed by atoms with Crippen molar-refractivity contribution in [2.24, 2.45) is 5.92 Å². The van der Waals surface area contributed by atoms with Crippen LogP contribution in [0.3, 0.4) is 0 Å². The summed E-state index contributed by atoms with van der Waals surface area (Å²) >= 11 is 0. The molecule has 21 heavy (non-hydrogen) atoms. The number of aliphatic hydroxyl groups excluding tert-OH is 1. The summed E-state index contributed by atoms with van der Waals surface area (Å²) in [4.78, 5) is 25.2. The Hall–Kier alpha value is -1.95. The highest BCUT2D eigenvalue weighted by molar-refractivity contribution is 5.89. The summed E-state index contributed by atoms with van der Waals surface area (Å²) in [5.74, 6) is -1.22. The summed E-state index contributed by atoms with van der Waals surface area (Å²) in [5.41, 5.74) is 0.149. The monoisotopic (exact) mass is 294 g/mol. The van der Waals surface area contributed by atoms with E-state index >= 15 is 0 Å². The van der Waals surface area contributed by atoms with Crippen molar-refractivity contribution in [3.05, 3.63) is 35.6 Å². The number of rotatable bonds is 5. The summed E-state index contributed by atoms with van der Waals surface area (Å²) in [5, 5.41) is 12.5. The highest BCUT2D eigenvalue weighted by atomic mass is 19.1. The number of carbonyl (C=O) groups excluding carboxylic acids is 2. The van der Waals surface area contributed by atoms with Crippen molar-refractivity contribution >= 4 is 11.8 Å². The normalized spacial score (nSPS) is 19.7. The van der Waals surface area contributed by atoms with Gasteiger partial charge in [0.1, 0.15) is 5.82 Å². The van der Waals surface area contributed by atoms with Crippen LogP contribution < -0.4 is 5.32 Å². The predicted octanol–water partition coefficient (Wildman–Crippen LogP) is 0.844. The van der Waals surface area contributed by atoms with Gasteiger partial charge in [-0.1, -0.05) is 18.2 Å². The molecule has 2 amide bonds. The fraction of sp³-hybridized carbons (Fsp3) is 0.467. The molecule has 1 aromatic carbocycles. The van der Waals surface area contributed by atoms with E-state index in [1.807, 2.05) is 6.92 Å². The number of hydrogen-bond donors (Lipinski definition) is 2. The van der Waals surface area contributed by atoms with Crippen molar-refractivity contribution in [2.45, 2.75) is 19.4 Å². The molecule has 1 fully saturated rings. The standard InChI is InChI=1S/C15H19FN2O3/c1-2-18-9-10(7-14(18)20)15(21)17-8-13(19)11-5-3-4-6-12(11)16/h3-6,10,13,19H,2,7-9H2,1H3,(H,17,21). The Balaban J connectivity index is 1.87. The van der Waals surface area contributed by atoms with Gasteiger partial charge in [-0.15, -0.1) is 0 Å². The van der Waals surface area contributed by atoms with Crippen molar-refractivity contribution < 1.29 is 19.1 Å². The quantitative estimate of drug-likeness (QED) is 0.845. The molecular formula is C15H19FN2O3. The van der Waals surface area contributed by atoms with Crippen molar-refractivity contribution in [3.8, 4) is 0 Å². The summed E-state index contributed by atoms with van der Waals surface area (Å²) < 4.78 is 13.5. The second-order valence-corrected chi connectivity index (χ2v) is 5.12. The molecular weight excluding hydrogens is 275 g/mol. The molecule has 114 valence electrons. The molecule has 0 bridgehead atoms. The van der Waals surface area contributed by atoms with Gasteiger partial charge in [0.2, 0.25) is 11.8 Å². The van der Waals surface area contributed by atoms with E-state index in [1.165, 1.54) is 18.2 Å². The zero-order valence-corrected chi connectivity index (χ0v) is 11.9. The van der Waals surface area contributed by atoms with Crippen LogP contribution in [-0.2, 0) is 9.59 Å². The lowest BCUT2D eigenvalue weighted by molar-refractivity contribution is -0.129. The second-order valence-electron chi connectivity index (χ2n) is 5.12. The maximum absolute atomic E-state index is 13.5. The molecule has 1 aliphatic rings. The Kier molecular flexibility index (Phi) is 4.90. The maximum atomic E-state index is 13.5. The maximum Gasteiger partial charge on any atom is 0.225 e. The first-order chi connectivity index (χ1) is 10.0. The van der Waals surface area contributed by atoms with E-state index in [9.17, 15) is 19.1 Å². The van der Waals surface area contributed by atoms with E-state index in [0.717, 1.165) is 0 Å². The summed E-state index contributed by atoms with van der Waals surface area (Å²) in [6, 6.07) is 5.89. The van der Waals surface area contributed by atoms with E-state index in [4.69, 9.17) is 0 Å². The number of aliphatic hydroxyl groups is 1. The predicted molar refractivity (Wildman–Crippen MR) is 74.7 cm³/mol. The van der Waals surface area contributed by atoms with Crippen molar-refractivity contribution in [3.63, 3.8) is 0 Å². The van der Waals surface area contributed by atoms with Crippen LogP contribution in [0.4, 0.5) is 4.39 Å². The molecule has 5 nitrogen and oxygen atoms in total. The Morgan fingerprint density at radius 3 is 2.86 bits per heavy atom. The third kappa shape index (κ3) is 3.58. The molecule has 1 saturated heterocycles. The third-order valence-corrected chi connectivity index (χ3v) is 3.70. The van der Waals surface area contributed by atoms with Crippen LogP contribution in [0.2, 0.25) is 0 Å². The summed E-state index contributed by atoms with van der Waals surface area (Å²) in [6.45, 7) is 2.77. The van der Waals surface area contributed by atoms with Crippen molar-refractivity contribution in [1.82, 2.24) is 10.2 Å². The largest absolute Gasteiger partial charge is 0.386 e. The molecule has 1 aliphatic heterocycles. The van der Waals surface area contributed by atoms with Gasteiger partial charge in [-0.3, -0.25) is 9.59 Å². The molecule has 1 aromatic rings. The zero-order valence-electron chi connectivity index (χ0n) is 11.9. The van der Waals surface area contributed by atoms with E-state index in [1.54, 1.807) is 11.0 Å². The first kappa shape index (κ1) is 15.4. The second kappa shape index (κ2) is 6.67. The van der Waals surface area contributed by atoms with Gasteiger partial charge >= 0.3 is 0 Å². The molecule has 1 heterocycles. The highest BCUT2D eigenvalue weighted by Gasteiger charge is 2.33. The van der Waals surface area contributed by atoms with Crippen LogP contribution in [-0.4, -0.2) is 41.5 Å². The van der Waals surface area contributed by atoms with Crippen LogP contribution >= 0.6 is 0 Å². The number of halogens is 1. The third-order valence-electron chi connectivity index (χ3n) is 3.70. The SMILES string of the molecule is CCN1CC(C(=O)NCC(O)c2ccccc2F)CC1=O. The molecule has 0 saturated carbocycles. The van der Waals surface area contributed by atoms with E-state index in [-0.39, 0.29) is 30.3 Å². The van der Waals surface area contributed by atoms with E-state index < -0.39 is 17.8 Å². The van der Waals surface area contributed by atoms with Gasteiger partial charge in [0.15, 0.2) is 0 Å². The van der Waals surface area contributed by atoms with Gasteiger partial charge in [-0.05, 0) is 13.0 Å². The molecule has 0 radical (unpaired) electrons. The highest BCUT2D eigenvalue weighted by Crippen LogP contribution is 2.19. The lowest BCUT2D eigenvalue weighted by atomic mass is 10.1. The van der Waals surface area contributed by atoms with Gasteiger partial charge in [-0.25, -0.2) is 4.39 Å². The average Bonchev–Trinajstić information content (AvgIpc) is 2.86. The van der Waals surface area contributed by atoms with Crippen LogP contribution in [0.15, 0.2) is 24.3 Å². The van der Waals surface area contributed by atoms with Gasteiger partial charge in [0.05, 0.1) is 12.0 Å². The molecule has 0 spiro atoms. The van der Waals surface area contributed by atoms with Crippen LogP contribution in [0.5, 0.6) is 0 Å². The van der Waals surface area contributed by atoms with E-state index in [0.29, 0.717) is 13.1 Å². The van der Waals surface area contributed by atoms with Crippen LogP contribution in [0.25, 0.3) is 0 Å². The number of likely N-dealkylation sites (tertiary alicyclic amines) is 1. The Bertz CT molecular complexity index is 535. The molecule has 2 N–H and O–H groups in total. The van der Waals surface area contributed by atoms with Crippen molar-refractivity contribution in [2.75, 3.05) is 19.6 Å². The topological polar surface area (TPSA) is 69.6 Å². The number of nitrogens with zero attached hydrogens (tertiary/aromatic N) is 1. The first-order valence-corrected chi connectivity index (χ1v) is 7.01. The lowest BCUT2D eigenvalue weighted by Gasteiger charge is -2.16. The summed E-state index contributed by atoms with van der Waals surface area (Å²) in [7, 11) is 0. The van der Waals surface area contributed by atoms with Crippen molar-refractivity contribution in [1.29, 1.82) is 0 Å². The first-order valence-electron chi connectivity index (χ1n) is 7.01. The van der Waals surface area contributed by atoms with Gasteiger partial charge in [0, 0.05) is 31.6 Å². The molecule has 6 heteroatoms. The molecule has 2 atom stereocenters. The Morgan fingerprint density at radius 1 is 1.52 bits per heavy atom. The fourth-order valence-corrected chi connectivity index (χ4v) is 2.45. The molecule has 2 rings (SSSR count). The fourth-order valence-electron chi connectivity index (χ4n) is 2.45. The number of nitrogens with one attached hydrogen (secondary N) is 1. The van der Waals surface area contributed by atoms with Crippen LogP contribution in [0, 0.1) is 11.7 Å². The molecule has 0 aliphatic carbocycles. The zero-order chi connectivity index (χ0) is 15.4. The smallest absolute Gasteiger partial charge is 0.225 e. The Morgan fingerprint density at radius 2 is 2.24 bits per heavy atom. The minimum absolute atomic E-state index is 0.0349. The Labute approximate surface area is 122 Å². The average molecular weight is 294 g/mol. The van der Waals surface area contributed by atoms with Gasteiger partial charge in [0.25, 0.3) is 0 Å².